The van der Waals surface area contributed by atoms with E-state index in [1.54, 1.807) is 0 Å². The Labute approximate surface area is 78.6 Å². The van der Waals surface area contributed by atoms with Gasteiger partial charge in [0.1, 0.15) is 11.6 Å². The molecule has 0 aliphatic carbocycles. The molecule has 7 heteroatoms. The van der Waals surface area contributed by atoms with Gasteiger partial charge in [-0.15, -0.1) is 0 Å². The molecule has 0 saturated carbocycles. The second-order valence-electron chi connectivity index (χ2n) is 2.43. The average Bonchev–Trinajstić information content (AvgIpc) is 1.99. The zero-order chi connectivity index (χ0) is 10.9. The highest BCUT2D eigenvalue weighted by atomic mass is 32.2. The fraction of sp³-hybridized carbons (Fsp3) is 0. The number of nitriles is 1. The summed E-state index contributed by atoms with van der Waals surface area (Å²) in [6, 6.07) is 2.67. The topological polar surface area (TPSA) is 83.9 Å². The molecule has 14 heavy (non-hydrogen) atoms. The zero-order valence-corrected chi connectivity index (χ0v) is 7.48. The van der Waals surface area contributed by atoms with Crippen molar-refractivity contribution in [1.29, 1.82) is 5.26 Å². The van der Waals surface area contributed by atoms with Crippen molar-refractivity contribution >= 4 is 10.0 Å². The summed E-state index contributed by atoms with van der Waals surface area (Å²) in [7, 11) is -4.45. The van der Waals surface area contributed by atoms with Gasteiger partial charge in [0.15, 0.2) is 4.90 Å². The number of hydrogen-bond donors (Lipinski definition) is 1. The molecule has 74 valence electrons. The fourth-order valence-electron chi connectivity index (χ4n) is 0.896. The highest BCUT2D eigenvalue weighted by molar-refractivity contribution is 7.89. The lowest BCUT2D eigenvalue weighted by atomic mass is 10.2. The molecule has 1 rings (SSSR count). The number of benzene rings is 1. The van der Waals surface area contributed by atoms with Gasteiger partial charge in [0.25, 0.3) is 0 Å². The molecule has 0 bridgehead atoms. The van der Waals surface area contributed by atoms with Crippen LogP contribution < -0.4 is 5.14 Å². The van der Waals surface area contributed by atoms with E-state index in [9.17, 15) is 17.2 Å². The van der Waals surface area contributed by atoms with E-state index in [2.05, 4.69) is 5.14 Å². The van der Waals surface area contributed by atoms with Crippen molar-refractivity contribution in [2.75, 3.05) is 0 Å². The van der Waals surface area contributed by atoms with Gasteiger partial charge in [0, 0.05) is 0 Å². The normalized spacial score (nSPS) is 11.0. The summed E-state index contributed by atoms with van der Waals surface area (Å²) in [5.74, 6) is -2.74. The SMILES string of the molecule is N#Cc1cc(F)c(S(N)(=O)=O)c(F)c1. The highest BCUT2D eigenvalue weighted by Gasteiger charge is 2.20. The lowest BCUT2D eigenvalue weighted by Crippen LogP contribution is -2.16. The molecule has 0 aliphatic rings. The van der Waals surface area contributed by atoms with Crippen LogP contribution in [-0.2, 0) is 10.0 Å². The van der Waals surface area contributed by atoms with E-state index in [0.717, 1.165) is 0 Å². The molecule has 2 N–H and O–H groups in total. The van der Waals surface area contributed by atoms with Crippen molar-refractivity contribution in [3.8, 4) is 6.07 Å². The number of halogens is 2. The van der Waals surface area contributed by atoms with E-state index in [0.29, 0.717) is 12.1 Å². The lowest BCUT2D eigenvalue weighted by molar-refractivity contribution is 0.519. The fourth-order valence-corrected chi connectivity index (χ4v) is 1.56. The first-order valence-corrected chi connectivity index (χ1v) is 4.83. The van der Waals surface area contributed by atoms with Crippen molar-refractivity contribution in [3.05, 3.63) is 29.3 Å². The summed E-state index contributed by atoms with van der Waals surface area (Å²) in [5.41, 5.74) is -0.313. The highest BCUT2D eigenvalue weighted by Crippen LogP contribution is 2.18. The van der Waals surface area contributed by atoms with Gasteiger partial charge in [-0.25, -0.2) is 22.3 Å². The van der Waals surface area contributed by atoms with Crippen molar-refractivity contribution < 1.29 is 17.2 Å². The minimum atomic E-state index is -4.45. The van der Waals surface area contributed by atoms with Gasteiger partial charge in [-0.3, -0.25) is 0 Å². The molecular weight excluding hydrogens is 214 g/mol. The van der Waals surface area contributed by atoms with E-state index in [1.807, 2.05) is 0 Å². The van der Waals surface area contributed by atoms with Crippen LogP contribution in [0.25, 0.3) is 0 Å². The van der Waals surface area contributed by atoms with Gasteiger partial charge in [-0.2, -0.15) is 5.26 Å². The smallest absolute Gasteiger partial charge is 0.224 e. The van der Waals surface area contributed by atoms with Gasteiger partial charge < -0.3 is 0 Å². The summed E-state index contributed by atoms with van der Waals surface area (Å²) >= 11 is 0. The van der Waals surface area contributed by atoms with E-state index in [4.69, 9.17) is 5.26 Å². The van der Waals surface area contributed by atoms with Crippen LogP contribution in [0.2, 0.25) is 0 Å². The van der Waals surface area contributed by atoms with Gasteiger partial charge in [-0.1, -0.05) is 0 Å². The Hall–Kier alpha value is -1.52. The van der Waals surface area contributed by atoms with Crippen LogP contribution in [0.15, 0.2) is 17.0 Å². The first kappa shape index (κ1) is 10.6. The Morgan fingerprint density at radius 3 is 2.00 bits per heavy atom. The molecule has 0 aliphatic heterocycles. The first-order chi connectivity index (χ1) is 6.36. The van der Waals surface area contributed by atoms with Crippen LogP contribution in [-0.4, -0.2) is 8.42 Å². The minimum Gasteiger partial charge on any atom is -0.224 e. The molecule has 0 amide bonds. The molecule has 1 aromatic rings. The lowest BCUT2D eigenvalue weighted by Gasteiger charge is -2.01. The largest absolute Gasteiger partial charge is 0.243 e. The third kappa shape index (κ3) is 1.86. The molecular formula is C7H4F2N2O2S. The van der Waals surface area contributed by atoms with Crippen molar-refractivity contribution in [2.24, 2.45) is 5.14 Å². The second-order valence-corrected chi connectivity index (χ2v) is 3.92. The van der Waals surface area contributed by atoms with Gasteiger partial charge in [0.2, 0.25) is 10.0 Å². The number of nitrogens with zero attached hydrogens (tertiary/aromatic N) is 1. The molecule has 0 unspecified atom stereocenters. The van der Waals surface area contributed by atoms with E-state index in [-0.39, 0.29) is 5.56 Å². The van der Waals surface area contributed by atoms with Gasteiger partial charge >= 0.3 is 0 Å². The Morgan fingerprint density at radius 2 is 1.71 bits per heavy atom. The zero-order valence-electron chi connectivity index (χ0n) is 6.66. The predicted octanol–water partition coefficient (Wildman–Crippen LogP) is 0.484. The van der Waals surface area contributed by atoms with Gasteiger partial charge in [0.05, 0.1) is 11.6 Å². The molecule has 0 radical (unpaired) electrons. The summed E-state index contributed by atoms with van der Waals surface area (Å²) in [6.07, 6.45) is 0. The van der Waals surface area contributed by atoms with E-state index in [1.165, 1.54) is 6.07 Å². The summed E-state index contributed by atoms with van der Waals surface area (Å²) in [6.45, 7) is 0. The number of sulfonamides is 1. The summed E-state index contributed by atoms with van der Waals surface area (Å²) < 4.78 is 47.3. The Morgan fingerprint density at radius 1 is 1.29 bits per heavy atom. The third-order valence-electron chi connectivity index (χ3n) is 1.41. The monoisotopic (exact) mass is 218 g/mol. The number of rotatable bonds is 1. The van der Waals surface area contributed by atoms with E-state index >= 15 is 0 Å². The van der Waals surface area contributed by atoms with Crippen molar-refractivity contribution in [2.45, 2.75) is 4.90 Å². The molecule has 0 heterocycles. The van der Waals surface area contributed by atoms with Crippen molar-refractivity contribution in [3.63, 3.8) is 0 Å². The van der Waals surface area contributed by atoms with Crippen LogP contribution in [0.1, 0.15) is 5.56 Å². The minimum absolute atomic E-state index is 0.313. The maximum Gasteiger partial charge on any atom is 0.243 e. The standard InChI is InChI=1S/C7H4F2N2O2S/c8-5-1-4(3-10)2-6(9)7(5)14(11,12)13/h1-2H,(H2,11,12,13). The van der Waals surface area contributed by atoms with Crippen LogP contribution >= 0.6 is 0 Å². The molecule has 0 atom stereocenters. The first-order valence-electron chi connectivity index (χ1n) is 3.28. The molecule has 0 aromatic heterocycles. The average molecular weight is 218 g/mol. The molecule has 1 aromatic carbocycles. The number of nitrogens with two attached hydrogens (primary N) is 1. The van der Waals surface area contributed by atoms with Crippen LogP contribution in [0.3, 0.4) is 0 Å². The second kappa shape index (κ2) is 3.32. The Bertz CT molecular complexity index is 496. The molecule has 0 spiro atoms. The summed E-state index contributed by atoms with van der Waals surface area (Å²) in [4.78, 5) is -1.23. The maximum atomic E-state index is 12.9. The van der Waals surface area contributed by atoms with Crippen molar-refractivity contribution in [1.82, 2.24) is 0 Å². The number of hydrogen-bond acceptors (Lipinski definition) is 3. The molecule has 0 fully saturated rings. The molecule has 0 saturated heterocycles. The summed E-state index contributed by atoms with van der Waals surface area (Å²) in [5, 5.41) is 12.9. The predicted molar refractivity (Wildman–Crippen MR) is 42.4 cm³/mol. The van der Waals surface area contributed by atoms with Crippen LogP contribution in [0, 0.1) is 23.0 Å². The number of primary sulfonamides is 1. The maximum absolute atomic E-state index is 12.9. The van der Waals surface area contributed by atoms with Crippen LogP contribution in [0.4, 0.5) is 8.78 Å². The van der Waals surface area contributed by atoms with Crippen LogP contribution in [0.5, 0.6) is 0 Å². The Kier molecular flexibility index (Phi) is 2.51. The molecule has 4 nitrogen and oxygen atoms in total. The van der Waals surface area contributed by atoms with Gasteiger partial charge in [-0.05, 0) is 12.1 Å². The van der Waals surface area contributed by atoms with E-state index < -0.39 is 26.6 Å². The quantitative estimate of drug-likeness (QED) is 0.744. The Balaban J connectivity index is 3.59. The third-order valence-corrected chi connectivity index (χ3v) is 2.37.